The molecule has 0 saturated carbocycles. The predicted octanol–water partition coefficient (Wildman–Crippen LogP) is 1.76. The highest BCUT2D eigenvalue weighted by Crippen LogP contribution is 2.55. The number of alkyl halides is 9. The second kappa shape index (κ2) is 6.57. The van der Waals surface area contributed by atoms with Crippen LogP contribution in [0.15, 0.2) is 18.2 Å². The number of benzene rings is 1. The van der Waals surface area contributed by atoms with Crippen LogP contribution >= 0.6 is 0 Å². The van der Waals surface area contributed by atoms with E-state index in [2.05, 4.69) is 9.39 Å². The Balaban J connectivity index is 3.81. The third-order valence-electron chi connectivity index (χ3n) is 3.02. The lowest BCUT2D eigenvalue weighted by molar-refractivity contribution is -0.385. The van der Waals surface area contributed by atoms with Crippen LogP contribution in [0.1, 0.15) is 11.1 Å². The molecule has 0 radical (unpaired) electrons. The van der Waals surface area contributed by atoms with Gasteiger partial charge in [-0.3, -0.25) is 0 Å². The average Bonchev–Trinajstić information content (AvgIpc) is 2.36. The molecule has 0 amide bonds. The van der Waals surface area contributed by atoms with Crippen LogP contribution in [0.4, 0.5) is 39.5 Å². The summed E-state index contributed by atoms with van der Waals surface area (Å²) in [6.45, 7) is 0. The van der Waals surface area contributed by atoms with Crippen LogP contribution in [-0.4, -0.2) is 26.8 Å². The molecule has 0 aliphatic rings. The van der Waals surface area contributed by atoms with Gasteiger partial charge in [-0.1, -0.05) is 6.07 Å². The fourth-order valence-electron chi connectivity index (χ4n) is 2.00. The maximum Gasteiger partial charge on any atom is 0.431 e. The summed E-state index contributed by atoms with van der Waals surface area (Å²) in [5.74, 6) is -1.85. The number of hydrogen-bond donors (Lipinski definition) is 0. The predicted molar refractivity (Wildman–Crippen MR) is 58.6 cm³/mol. The van der Waals surface area contributed by atoms with Crippen molar-refractivity contribution in [3.63, 3.8) is 0 Å². The molecule has 1 rings (SSSR count). The van der Waals surface area contributed by atoms with Gasteiger partial charge < -0.3 is 19.4 Å². The van der Waals surface area contributed by atoms with E-state index >= 15 is 0 Å². The summed E-state index contributed by atoms with van der Waals surface area (Å²) in [5.41, 5.74) is -8.87. The van der Waals surface area contributed by atoms with E-state index in [0.29, 0.717) is 0 Å². The van der Waals surface area contributed by atoms with Gasteiger partial charge in [0.25, 0.3) is 5.60 Å². The quantitative estimate of drug-likeness (QED) is 0.587. The summed E-state index contributed by atoms with van der Waals surface area (Å²) in [6.07, 6.45) is -17.6. The molecule has 0 N–H and O–H groups in total. The molecule has 0 spiro atoms. The van der Waals surface area contributed by atoms with Gasteiger partial charge in [0, 0.05) is 12.7 Å². The van der Waals surface area contributed by atoms with Crippen molar-refractivity contribution in [2.75, 3.05) is 7.11 Å². The van der Waals surface area contributed by atoms with Crippen molar-refractivity contribution < 1.29 is 59.0 Å². The zero-order chi connectivity index (χ0) is 19.8. The highest BCUT2D eigenvalue weighted by molar-refractivity contribution is 6.29. The smallest absolute Gasteiger partial charge is 0.431 e. The summed E-state index contributed by atoms with van der Waals surface area (Å²) in [5, 5.41) is 20.9. The molecule has 1 aromatic rings. The molecule has 14 heteroatoms. The lowest BCUT2D eigenvalue weighted by atomic mass is 9.89. The molecule has 0 saturated heterocycles. The molecule has 0 aliphatic heterocycles. The van der Waals surface area contributed by atoms with Gasteiger partial charge in [-0.05, 0) is 12.1 Å². The highest BCUT2D eigenvalue weighted by atomic mass is 19.4. The maximum absolute atomic E-state index is 13.1. The van der Waals surface area contributed by atoms with E-state index in [1.807, 2.05) is 0 Å². The van der Waals surface area contributed by atoms with Gasteiger partial charge in [-0.25, -0.2) is 0 Å². The molecule has 4 nitrogen and oxygen atoms in total. The monoisotopic (exact) mass is 384 g/mol. The van der Waals surface area contributed by atoms with Gasteiger partial charge in [-0.2, -0.15) is 39.5 Å². The van der Waals surface area contributed by atoms with Gasteiger partial charge in [0.1, 0.15) is 13.1 Å². The van der Waals surface area contributed by atoms with E-state index in [4.69, 9.17) is 0 Å². The van der Waals surface area contributed by atoms with E-state index in [-0.39, 0.29) is 25.3 Å². The molecule has 142 valence electrons. The van der Waals surface area contributed by atoms with Gasteiger partial charge in [-0.15, -0.1) is 0 Å². The fraction of sp³-hybridized carbons (Fsp3) is 0.455. The fourth-order valence-corrected chi connectivity index (χ4v) is 2.00. The number of halogens is 9. The highest BCUT2D eigenvalue weighted by Gasteiger charge is 2.74. The normalized spacial score (nSPS) is 13.8. The van der Waals surface area contributed by atoms with Crippen LogP contribution in [0.2, 0.25) is 0 Å². The van der Waals surface area contributed by atoms with E-state index in [9.17, 15) is 49.6 Å². The molecule has 0 bridgehead atoms. The number of hydrogen-bond acceptors (Lipinski definition) is 4. The molecule has 0 unspecified atom stereocenters. The van der Waals surface area contributed by atoms with Gasteiger partial charge in [0.15, 0.2) is 0 Å². The minimum absolute atomic E-state index is 0.00824. The van der Waals surface area contributed by atoms with Crippen LogP contribution < -0.4 is 14.7 Å². The summed E-state index contributed by atoms with van der Waals surface area (Å²) >= 11 is 0. The van der Waals surface area contributed by atoms with Crippen molar-refractivity contribution in [3.05, 3.63) is 29.3 Å². The van der Waals surface area contributed by atoms with Gasteiger partial charge >= 0.3 is 18.5 Å². The largest absolute Gasteiger partial charge is 0.860 e. The van der Waals surface area contributed by atoms with E-state index < -0.39 is 48.3 Å². The van der Waals surface area contributed by atoms with E-state index in [1.54, 1.807) is 0 Å². The van der Waals surface area contributed by atoms with Crippen molar-refractivity contribution in [3.8, 4) is 5.75 Å². The molecular weight excluding hydrogens is 378 g/mol. The Bertz CT molecular complexity index is 595. The Labute approximate surface area is 133 Å². The Morgan fingerprint density at radius 2 is 1.36 bits per heavy atom. The molecule has 1 aromatic carbocycles. The molecule has 0 aliphatic carbocycles. The van der Waals surface area contributed by atoms with E-state index in [1.165, 1.54) is 0 Å². The zero-order valence-corrected chi connectivity index (χ0v) is 11.8. The summed E-state index contributed by atoms with van der Waals surface area (Å²) in [4.78, 5) is 0. The van der Waals surface area contributed by atoms with Crippen molar-refractivity contribution in [1.29, 1.82) is 0 Å². The Hall–Kier alpha value is -1.67. The topological polar surface area (TPSA) is 64.6 Å². The van der Waals surface area contributed by atoms with Crippen LogP contribution in [0.25, 0.3) is 0 Å². The Morgan fingerprint density at radius 3 is 1.68 bits per heavy atom. The third-order valence-corrected chi connectivity index (χ3v) is 3.02. The van der Waals surface area contributed by atoms with Crippen LogP contribution in [-0.2, 0) is 16.5 Å². The molecule has 0 fully saturated rings. The summed E-state index contributed by atoms with van der Waals surface area (Å²) in [6, 6.07) is -0.632. The van der Waals surface area contributed by atoms with Gasteiger partial charge in [0.05, 0.1) is 5.56 Å². The summed E-state index contributed by atoms with van der Waals surface area (Å²) < 4.78 is 124. The average molecular weight is 384 g/mol. The first-order valence-electron chi connectivity index (χ1n) is 5.96. The second-order valence-electron chi connectivity index (χ2n) is 4.50. The molecule has 25 heavy (non-hydrogen) atoms. The van der Waals surface area contributed by atoms with Crippen molar-refractivity contribution in [1.82, 2.24) is 0 Å². The second-order valence-corrected chi connectivity index (χ2v) is 4.50. The van der Waals surface area contributed by atoms with Gasteiger partial charge in [0.2, 0.25) is 0 Å². The lowest BCUT2D eigenvalue weighted by Crippen LogP contribution is -2.56. The number of methoxy groups -OCH3 is 1. The first kappa shape index (κ1) is 21.4. The third kappa shape index (κ3) is 3.95. The molecule has 0 aromatic heterocycles. The molecule has 0 atom stereocenters. The number of rotatable bonds is 4. The minimum atomic E-state index is -6.21. The molecule has 0 heterocycles. The Morgan fingerprint density at radius 1 is 0.880 bits per heavy atom. The first-order valence-corrected chi connectivity index (χ1v) is 5.96. The van der Waals surface area contributed by atoms with Crippen molar-refractivity contribution in [2.45, 2.75) is 24.1 Å². The van der Waals surface area contributed by atoms with Crippen molar-refractivity contribution >= 4 is 7.32 Å². The SMILES string of the molecule is COC(c1ccc(C(F)(F)F)cc1OB([O-])[O-])(C(F)(F)F)C(F)(F)F. The number of ether oxygens (including phenoxy) is 1. The standard InChI is InChI=1S/C11H6BF9O4/c1-24-8(10(16,17)18,11(19,20)21)6-3-2-5(9(13,14)15)4-7(6)25-12(22)23/h2-4H,1H3/q-2. The summed E-state index contributed by atoms with van der Waals surface area (Å²) in [7, 11) is -3.48. The van der Waals surface area contributed by atoms with Crippen LogP contribution in [0.3, 0.4) is 0 Å². The van der Waals surface area contributed by atoms with Crippen LogP contribution in [0.5, 0.6) is 5.75 Å². The first-order chi connectivity index (χ1) is 11.1. The minimum Gasteiger partial charge on any atom is -0.860 e. The molecular formula is C11H6BF9O4-2. The maximum atomic E-state index is 13.1. The van der Waals surface area contributed by atoms with Crippen molar-refractivity contribution in [2.24, 2.45) is 0 Å². The van der Waals surface area contributed by atoms with E-state index in [0.717, 1.165) is 0 Å². The Kier molecular flexibility index (Phi) is 5.62. The lowest BCUT2D eigenvalue weighted by Gasteiger charge is -2.39. The zero-order valence-electron chi connectivity index (χ0n) is 11.8. The van der Waals surface area contributed by atoms with Crippen LogP contribution in [0, 0.1) is 0 Å².